The van der Waals surface area contributed by atoms with Crippen LogP contribution in [0.4, 0.5) is 5.82 Å². The second-order valence-electron chi connectivity index (χ2n) is 4.86. The number of pyridine rings is 1. The number of hydrogen-bond donors (Lipinski definition) is 1. The molecule has 19 heavy (non-hydrogen) atoms. The number of hydrogen-bond acceptors (Lipinski definition) is 5. The van der Waals surface area contributed by atoms with Crippen LogP contribution in [0.15, 0.2) is 23.2 Å². The molecule has 1 aromatic rings. The third-order valence-corrected chi connectivity index (χ3v) is 4.48. The van der Waals surface area contributed by atoms with Crippen molar-refractivity contribution in [2.45, 2.75) is 24.3 Å². The first kappa shape index (κ1) is 14.2. The number of anilines is 1. The molecule has 0 radical (unpaired) electrons. The first-order chi connectivity index (χ1) is 8.93. The predicted octanol–water partition coefficient (Wildman–Crippen LogP) is 0.590. The first-order valence-electron chi connectivity index (χ1n) is 6.19. The molecule has 6 nitrogen and oxygen atoms in total. The molecule has 1 saturated heterocycles. The minimum absolute atomic E-state index is 0.0689. The second-order valence-corrected chi connectivity index (χ2v) is 6.39. The normalized spacial score (nSPS) is 24.5. The number of sulfonamides is 1. The van der Waals surface area contributed by atoms with Gasteiger partial charge in [-0.3, -0.25) is 0 Å². The Hall–Kier alpha value is -1.18. The second kappa shape index (κ2) is 5.44. The number of primary sulfonamides is 1. The van der Waals surface area contributed by atoms with Crippen molar-refractivity contribution >= 4 is 15.8 Å². The number of ether oxygens (including phenoxy) is 1. The maximum absolute atomic E-state index is 11.6. The highest BCUT2D eigenvalue weighted by Crippen LogP contribution is 2.27. The molecular formula is C12H19N3O3S. The summed E-state index contributed by atoms with van der Waals surface area (Å²) in [6.45, 7) is 3.50. The van der Waals surface area contributed by atoms with Crippen LogP contribution < -0.4 is 10.0 Å². The molecule has 0 bridgehead atoms. The number of nitrogens with two attached hydrogens (primary N) is 1. The SMILES string of the molecule is COC1CN(c2ncccc2S(N)(=O)=O)CCC1C. The Labute approximate surface area is 113 Å². The van der Waals surface area contributed by atoms with Crippen LogP contribution in [-0.4, -0.2) is 39.7 Å². The fourth-order valence-corrected chi connectivity index (χ4v) is 3.08. The number of aromatic nitrogens is 1. The van der Waals surface area contributed by atoms with Crippen LogP contribution in [0.3, 0.4) is 0 Å². The lowest BCUT2D eigenvalue weighted by Crippen LogP contribution is -2.44. The predicted molar refractivity (Wildman–Crippen MR) is 72.4 cm³/mol. The average molecular weight is 285 g/mol. The molecular weight excluding hydrogens is 266 g/mol. The number of rotatable bonds is 3. The van der Waals surface area contributed by atoms with Gasteiger partial charge < -0.3 is 9.64 Å². The van der Waals surface area contributed by atoms with Crippen molar-refractivity contribution < 1.29 is 13.2 Å². The number of nitrogens with zero attached hydrogens (tertiary/aromatic N) is 2. The topological polar surface area (TPSA) is 85.5 Å². The fourth-order valence-electron chi connectivity index (χ4n) is 2.37. The van der Waals surface area contributed by atoms with Crippen LogP contribution in [0, 0.1) is 5.92 Å². The van der Waals surface area contributed by atoms with Crippen LogP contribution in [0.5, 0.6) is 0 Å². The van der Waals surface area contributed by atoms with Gasteiger partial charge in [0.2, 0.25) is 10.0 Å². The Balaban J connectivity index is 2.33. The van der Waals surface area contributed by atoms with E-state index in [1.165, 1.54) is 6.07 Å². The number of methoxy groups -OCH3 is 1. The smallest absolute Gasteiger partial charge is 0.241 e. The van der Waals surface area contributed by atoms with E-state index in [0.29, 0.717) is 18.3 Å². The Morgan fingerprint density at radius 2 is 2.26 bits per heavy atom. The highest BCUT2D eigenvalue weighted by atomic mass is 32.2. The zero-order valence-corrected chi connectivity index (χ0v) is 11.9. The van der Waals surface area contributed by atoms with E-state index in [9.17, 15) is 8.42 Å². The summed E-state index contributed by atoms with van der Waals surface area (Å²) in [5.41, 5.74) is 0. The molecule has 0 aliphatic carbocycles. The van der Waals surface area contributed by atoms with Gasteiger partial charge in [-0.25, -0.2) is 18.5 Å². The standard InChI is InChI=1S/C12H19N3O3S/c1-9-5-7-15(8-10(9)18-2)12-11(19(13,16)17)4-3-6-14-12/h3-4,6,9-10H,5,7-8H2,1-2H3,(H2,13,16,17). The van der Waals surface area contributed by atoms with Gasteiger partial charge in [-0.15, -0.1) is 0 Å². The molecule has 2 unspecified atom stereocenters. The molecule has 1 fully saturated rings. The van der Waals surface area contributed by atoms with Crippen LogP contribution >= 0.6 is 0 Å². The third-order valence-electron chi connectivity index (χ3n) is 3.55. The summed E-state index contributed by atoms with van der Waals surface area (Å²) in [6.07, 6.45) is 2.58. The lowest BCUT2D eigenvalue weighted by molar-refractivity contribution is 0.0495. The summed E-state index contributed by atoms with van der Waals surface area (Å²) in [7, 11) is -2.10. The molecule has 1 aromatic heterocycles. The van der Waals surface area contributed by atoms with Crippen molar-refractivity contribution in [3.8, 4) is 0 Å². The molecule has 2 rings (SSSR count). The molecule has 0 saturated carbocycles. The Kier molecular flexibility index (Phi) is 4.07. The summed E-state index contributed by atoms with van der Waals surface area (Å²) in [5.74, 6) is 0.863. The molecule has 1 aliphatic heterocycles. The Morgan fingerprint density at radius 1 is 1.53 bits per heavy atom. The van der Waals surface area contributed by atoms with E-state index in [2.05, 4.69) is 11.9 Å². The van der Waals surface area contributed by atoms with E-state index >= 15 is 0 Å². The van der Waals surface area contributed by atoms with Gasteiger partial charge in [0.25, 0.3) is 0 Å². The van der Waals surface area contributed by atoms with Crippen molar-refractivity contribution in [1.29, 1.82) is 0 Å². The maximum Gasteiger partial charge on any atom is 0.241 e. The first-order valence-corrected chi connectivity index (χ1v) is 7.73. The number of piperidine rings is 1. The average Bonchev–Trinajstić information content (AvgIpc) is 2.38. The largest absolute Gasteiger partial charge is 0.379 e. The summed E-state index contributed by atoms with van der Waals surface area (Å²) in [6, 6.07) is 3.06. The zero-order valence-electron chi connectivity index (χ0n) is 11.1. The zero-order chi connectivity index (χ0) is 14.0. The molecule has 2 N–H and O–H groups in total. The van der Waals surface area contributed by atoms with Gasteiger partial charge >= 0.3 is 0 Å². The molecule has 1 aliphatic rings. The monoisotopic (exact) mass is 285 g/mol. The Morgan fingerprint density at radius 3 is 2.89 bits per heavy atom. The van der Waals surface area contributed by atoms with E-state index in [1.54, 1.807) is 19.4 Å². The van der Waals surface area contributed by atoms with Crippen molar-refractivity contribution in [3.63, 3.8) is 0 Å². The molecule has 0 aromatic carbocycles. The van der Waals surface area contributed by atoms with Crippen LogP contribution in [0.2, 0.25) is 0 Å². The van der Waals surface area contributed by atoms with E-state index in [-0.39, 0.29) is 11.0 Å². The highest BCUT2D eigenvalue weighted by molar-refractivity contribution is 7.89. The van der Waals surface area contributed by atoms with Crippen molar-refractivity contribution in [3.05, 3.63) is 18.3 Å². The molecule has 0 amide bonds. The minimum atomic E-state index is -3.77. The molecule has 2 heterocycles. The van der Waals surface area contributed by atoms with E-state index in [4.69, 9.17) is 9.88 Å². The van der Waals surface area contributed by atoms with E-state index in [0.717, 1.165) is 13.0 Å². The van der Waals surface area contributed by atoms with E-state index < -0.39 is 10.0 Å². The van der Waals surface area contributed by atoms with Crippen LogP contribution in [0.1, 0.15) is 13.3 Å². The van der Waals surface area contributed by atoms with Gasteiger partial charge in [-0.05, 0) is 24.5 Å². The molecule has 2 atom stereocenters. The quantitative estimate of drug-likeness (QED) is 0.878. The Bertz CT molecular complexity index is 547. The molecule has 0 spiro atoms. The van der Waals surface area contributed by atoms with E-state index in [1.807, 2.05) is 4.90 Å². The third kappa shape index (κ3) is 3.05. The lowest BCUT2D eigenvalue weighted by atomic mass is 9.96. The van der Waals surface area contributed by atoms with Gasteiger partial charge in [0.15, 0.2) is 0 Å². The van der Waals surface area contributed by atoms with Gasteiger partial charge in [-0.1, -0.05) is 6.92 Å². The van der Waals surface area contributed by atoms with Gasteiger partial charge in [0.1, 0.15) is 10.7 Å². The van der Waals surface area contributed by atoms with Gasteiger partial charge in [0, 0.05) is 26.4 Å². The van der Waals surface area contributed by atoms with Crippen LogP contribution in [0.25, 0.3) is 0 Å². The highest BCUT2D eigenvalue weighted by Gasteiger charge is 2.29. The van der Waals surface area contributed by atoms with Crippen molar-refractivity contribution in [1.82, 2.24) is 4.98 Å². The van der Waals surface area contributed by atoms with Gasteiger partial charge in [0.05, 0.1) is 6.10 Å². The molecule has 7 heteroatoms. The van der Waals surface area contributed by atoms with Crippen molar-refractivity contribution in [2.24, 2.45) is 11.1 Å². The van der Waals surface area contributed by atoms with Gasteiger partial charge in [-0.2, -0.15) is 0 Å². The molecule has 106 valence electrons. The fraction of sp³-hybridized carbons (Fsp3) is 0.583. The van der Waals surface area contributed by atoms with Crippen molar-refractivity contribution in [2.75, 3.05) is 25.1 Å². The van der Waals surface area contributed by atoms with Crippen LogP contribution in [-0.2, 0) is 14.8 Å². The lowest BCUT2D eigenvalue weighted by Gasteiger charge is -2.37. The maximum atomic E-state index is 11.6. The summed E-state index contributed by atoms with van der Waals surface area (Å²) in [5, 5.41) is 5.23. The summed E-state index contributed by atoms with van der Waals surface area (Å²) < 4.78 is 28.6. The summed E-state index contributed by atoms with van der Waals surface area (Å²) >= 11 is 0. The minimum Gasteiger partial charge on any atom is -0.379 e. The summed E-state index contributed by atoms with van der Waals surface area (Å²) in [4.78, 5) is 6.17.